The summed E-state index contributed by atoms with van der Waals surface area (Å²) in [6.07, 6.45) is 0. The molecule has 0 radical (unpaired) electrons. The molecule has 114 valence electrons. The van der Waals surface area contributed by atoms with Crippen molar-refractivity contribution in [3.63, 3.8) is 0 Å². The van der Waals surface area contributed by atoms with Crippen molar-refractivity contribution in [3.8, 4) is 0 Å². The minimum absolute atomic E-state index is 0.258. The van der Waals surface area contributed by atoms with Crippen LogP contribution in [0.15, 0.2) is 57.9 Å². The lowest BCUT2D eigenvalue weighted by atomic mass is 10.3. The van der Waals surface area contributed by atoms with Crippen LogP contribution in [0.25, 0.3) is 10.2 Å². The molecule has 3 aromatic rings. The van der Waals surface area contributed by atoms with Gasteiger partial charge < -0.3 is 0 Å². The van der Waals surface area contributed by atoms with E-state index in [0.717, 1.165) is 19.7 Å². The van der Waals surface area contributed by atoms with Gasteiger partial charge in [0.05, 0.1) is 21.7 Å². The van der Waals surface area contributed by atoms with Gasteiger partial charge in [0, 0.05) is 11.5 Å². The van der Waals surface area contributed by atoms with Crippen LogP contribution in [-0.2, 0) is 16.6 Å². The van der Waals surface area contributed by atoms with Crippen LogP contribution >= 0.6 is 27.3 Å². The first kappa shape index (κ1) is 15.6. The topological polar surface area (TPSA) is 50.3 Å². The van der Waals surface area contributed by atoms with E-state index < -0.39 is 10.0 Å². The lowest BCUT2D eigenvalue weighted by molar-refractivity contribution is 0.466. The van der Waals surface area contributed by atoms with E-state index in [-0.39, 0.29) is 11.4 Å². The maximum Gasteiger partial charge on any atom is 0.243 e. The quantitative estimate of drug-likeness (QED) is 0.672. The number of para-hydroxylation sites is 1. The molecule has 0 bridgehead atoms. The average molecular weight is 397 g/mol. The second kappa shape index (κ2) is 6.08. The van der Waals surface area contributed by atoms with Crippen molar-refractivity contribution in [3.05, 3.63) is 58.0 Å². The van der Waals surface area contributed by atoms with Crippen molar-refractivity contribution in [2.75, 3.05) is 7.05 Å². The first-order valence-electron chi connectivity index (χ1n) is 6.53. The highest BCUT2D eigenvalue weighted by molar-refractivity contribution is 9.10. The highest BCUT2D eigenvalue weighted by Crippen LogP contribution is 2.25. The van der Waals surface area contributed by atoms with Crippen molar-refractivity contribution in [2.24, 2.45) is 0 Å². The predicted molar refractivity (Wildman–Crippen MR) is 92.4 cm³/mol. The molecule has 4 nitrogen and oxygen atoms in total. The van der Waals surface area contributed by atoms with Gasteiger partial charge >= 0.3 is 0 Å². The van der Waals surface area contributed by atoms with Gasteiger partial charge in [0.1, 0.15) is 5.01 Å². The molecule has 1 heterocycles. The number of benzene rings is 2. The van der Waals surface area contributed by atoms with Crippen LogP contribution in [0.2, 0.25) is 0 Å². The van der Waals surface area contributed by atoms with E-state index >= 15 is 0 Å². The van der Waals surface area contributed by atoms with Crippen molar-refractivity contribution >= 4 is 47.5 Å². The second-order valence-corrected chi connectivity index (χ2v) is 8.87. The molecule has 0 amide bonds. The Morgan fingerprint density at radius 2 is 1.95 bits per heavy atom. The number of rotatable bonds is 4. The molecule has 0 atom stereocenters. The summed E-state index contributed by atoms with van der Waals surface area (Å²) in [5, 5.41) is 0.780. The molecule has 2 aromatic carbocycles. The molecule has 0 saturated heterocycles. The van der Waals surface area contributed by atoms with Crippen LogP contribution < -0.4 is 0 Å². The molecule has 22 heavy (non-hydrogen) atoms. The lowest BCUT2D eigenvalue weighted by Gasteiger charge is -2.15. The minimum Gasteiger partial charge on any atom is -0.240 e. The zero-order chi connectivity index (χ0) is 15.7. The van der Waals surface area contributed by atoms with Gasteiger partial charge in [-0.3, -0.25) is 0 Å². The summed E-state index contributed by atoms with van der Waals surface area (Å²) < 4.78 is 28.3. The highest BCUT2D eigenvalue weighted by atomic mass is 79.9. The highest BCUT2D eigenvalue weighted by Gasteiger charge is 2.22. The summed E-state index contributed by atoms with van der Waals surface area (Å²) >= 11 is 4.81. The van der Waals surface area contributed by atoms with Gasteiger partial charge in [-0.2, -0.15) is 4.31 Å². The van der Waals surface area contributed by atoms with Gasteiger partial charge in [-0.05, 0) is 30.3 Å². The SMILES string of the molecule is CN(Cc1nc2ccccc2s1)S(=O)(=O)c1cccc(Br)c1. The molecule has 0 saturated carbocycles. The first-order valence-corrected chi connectivity index (χ1v) is 9.58. The normalized spacial score (nSPS) is 12.1. The van der Waals surface area contributed by atoms with Gasteiger partial charge in [0.15, 0.2) is 0 Å². The Kier molecular flexibility index (Phi) is 4.31. The molecule has 1 aromatic heterocycles. The summed E-state index contributed by atoms with van der Waals surface area (Å²) in [5.74, 6) is 0. The first-order chi connectivity index (χ1) is 10.5. The Balaban J connectivity index is 1.88. The summed E-state index contributed by atoms with van der Waals surface area (Å²) in [6, 6.07) is 14.5. The molecular formula is C15H13BrN2O2S2. The summed E-state index contributed by atoms with van der Waals surface area (Å²) in [6.45, 7) is 0.258. The summed E-state index contributed by atoms with van der Waals surface area (Å²) in [7, 11) is -1.96. The van der Waals surface area contributed by atoms with Crippen LogP contribution in [0.5, 0.6) is 0 Å². The molecule has 0 spiro atoms. The third kappa shape index (κ3) is 3.08. The van der Waals surface area contributed by atoms with Crippen LogP contribution in [0.3, 0.4) is 0 Å². The van der Waals surface area contributed by atoms with Gasteiger partial charge in [-0.1, -0.05) is 34.1 Å². The fourth-order valence-corrected chi connectivity index (χ4v) is 4.90. The number of aromatic nitrogens is 1. The van der Waals surface area contributed by atoms with Gasteiger partial charge in [0.25, 0.3) is 0 Å². The van der Waals surface area contributed by atoms with E-state index in [1.165, 1.54) is 15.6 Å². The number of hydrogen-bond donors (Lipinski definition) is 0. The molecule has 0 aliphatic rings. The van der Waals surface area contributed by atoms with E-state index in [1.54, 1.807) is 31.3 Å². The largest absolute Gasteiger partial charge is 0.243 e. The van der Waals surface area contributed by atoms with E-state index in [0.29, 0.717) is 0 Å². The molecule has 7 heteroatoms. The Morgan fingerprint density at radius 3 is 2.68 bits per heavy atom. The van der Waals surface area contributed by atoms with Crippen molar-refractivity contribution < 1.29 is 8.42 Å². The van der Waals surface area contributed by atoms with Crippen LogP contribution in [0.1, 0.15) is 5.01 Å². The number of sulfonamides is 1. The van der Waals surface area contributed by atoms with E-state index in [9.17, 15) is 8.42 Å². The third-order valence-electron chi connectivity index (χ3n) is 3.20. The Labute approximate surface area is 141 Å². The monoisotopic (exact) mass is 396 g/mol. The van der Waals surface area contributed by atoms with E-state index in [2.05, 4.69) is 20.9 Å². The number of hydrogen-bond acceptors (Lipinski definition) is 4. The zero-order valence-corrected chi connectivity index (χ0v) is 15.0. The molecule has 3 rings (SSSR count). The molecule has 0 aliphatic carbocycles. The maximum atomic E-state index is 12.6. The minimum atomic E-state index is -3.53. The Hall–Kier alpha value is -1.28. The van der Waals surface area contributed by atoms with Gasteiger partial charge in [-0.15, -0.1) is 11.3 Å². The zero-order valence-electron chi connectivity index (χ0n) is 11.7. The molecule has 0 fully saturated rings. The lowest BCUT2D eigenvalue weighted by Crippen LogP contribution is -2.26. The molecule has 0 unspecified atom stereocenters. The number of nitrogens with zero attached hydrogens (tertiary/aromatic N) is 2. The summed E-state index contributed by atoms with van der Waals surface area (Å²) in [4.78, 5) is 4.75. The standard InChI is InChI=1S/C15H13BrN2O2S2/c1-18(22(19,20)12-6-4-5-11(16)9-12)10-15-17-13-7-2-3-8-14(13)21-15/h2-9H,10H2,1H3. The number of halogens is 1. The van der Waals surface area contributed by atoms with Crippen molar-refractivity contribution in [1.82, 2.24) is 9.29 Å². The third-order valence-corrected chi connectivity index (χ3v) is 6.51. The van der Waals surface area contributed by atoms with Crippen molar-refractivity contribution in [2.45, 2.75) is 11.4 Å². The van der Waals surface area contributed by atoms with Crippen LogP contribution in [0, 0.1) is 0 Å². The Bertz CT molecular complexity index is 889. The average Bonchev–Trinajstić information content (AvgIpc) is 2.89. The van der Waals surface area contributed by atoms with E-state index in [1.807, 2.05) is 24.3 Å². The smallest absolute Gasteiger partial charge is 0.240 e. The molecule has 0 aliphatic heterocycles. The Morgan fingerprint density at radius 1 is 1.18 bits per heavy atom. The van der Waals surface area contributed by atoms with Gasteiger partial charge in [-0.25, -0.2) is 13.4 Å². The van der Waals surface area contributed by atoms with Crippen molar-refractivity contribution in [1.29, 1.82) is 0 Å². The number of thiazole rings is 1. The molecular weight excluding hydrogens is 384 g/mol. The number of fused-ring (bicyclic) bond motifs is 1. The fourth-order valence-electron chi connectivity index (χ4n) is 2.07. The van der Waals surface area contributed by atoms with E-state index in [4.69, 9.17) is 0 Å². The fraction of sp³-hybridized carbons (Fsp3) is 0.133. The van der Waals surface area contributed by atoms with Crippen LogP contribution in [0.4, 0.5) is 0 Å². The van der Waals surface area contributed by atoms with Gasteiger partial charge in [0.2, 0.25) is 10.0 Å². The second-order valence-electron chi connectivity index (χ2n) is 4.79. The predicted octanol–water partition coefficient (Wildman–Crippen LogP) is 3.88. The maximum absolute atomic E-state index is 12.6. The summed E-state index contributed by atoms with van der Waals surface area (Å²) in [5.41, 5.74) is 0.899. The van der Waals surface area contributed by atoms with Crippen LogP contribution in [-0.4, -0.2) is 24.8 Å². The molecule has 0 N–H and O–H groups in total.